The van der Waals surface area contributed by atoms with Crippen LogP contribution < -0.4 is 4.74 Å². The van der Waals surface area contributed by atoms with Crippen LogP contribution in [0.3, 0.4) is 0 Å². The second-order valence-corrected chi connectivity index (χ2v) is 7.87. The zero-order valence-corrected chi connectivity index (χ0v) is 18.3. The molecule has 4 rings (SSSR count). The first-order chi connectivity index (χ1) is 16.2. The van der Waals surface area contributed by atoms with E-state index < -0.39 is 40.5 Å². The van der Waals surface area contributed by atoms with E-state index in [-0.39, 0.29) is 6.61 Å². The van der Waals surface area contributed by atoms with Gasteiger partial charge in [0.15, 0.2) is 17.5 Å². The summed E-state index contributed by atoms with van der Waals surface area (Å²) >= 11 is 6.18. The Bertz CT molecular complexity index is 1400. The van der Waals surface area contributed by atoms with Gasteiger partial charge < -0.3 is 14.4 Å². The van der Waals surface area contributed by atoms with Crippen LogP contribution in [0.2, 0.25) is 5.02 Å². The molecule has 1 heterocycles. The van der Waals surface area contributed by atoms with E-state index in [9.17, 15) is 23.1 Å². The Hall–Kier alpha value is -3.78. The molecule has 4 aromatic rings. The maximum absolute atomic E-state index is 15.1. The number of halogens is 5. The molecule has 0 spiro atoms. The molecule has 0 aliphatic rings. The number of carboxylic acid groups (broad SMARTS) is 1. The SMILES string of the molecule is Cc1ccc(-c2cc(Cl)ccc2OCc2ccc(F)cc2)n1-c1cc(F)c(F)c(C(=O)O)c1F. The second-order valence-electron chi connectivity index (χ2n) is 7.44. The highest BCUT2D eigenvalue weighted by Crippen LogP contribution is 2.37. The Balaban J connectivity index is 1.84. The molecule has 0 saturated carbocycles. The van der Waals surface area contributed by atoms with Crippen LogP contribution in [0.25, 0.3) is 16.9 Å². The van der Waals surface area contributed by atoms with E-state index in [0.29, 0.717) is 39.4 Å². The first-order valence-electron chi connectivity index (χ1n) is 9.94. The molecule has 174 valence electrons. The average molecular weight is 490 g/mol. The fourth-order valence-corrected chi connectivity index (χ4v) is 3.75. The highest BCUT2D eigenvalue weighted by atomic mass is 35.5. The summed E-state index contributed by atoms with van der Waals surface area (Å²) in [6.45, 7) is 1.67. The molecule has 0 fully saturated rings. The van der Waals surface area contributed by atoms with Gasteiger partial charge in [0.2, 0.25) is 0 Å². The number of benzene rings is 3. The van der Waals surface area contributed by atoms with Gasteiger partial charge >= 0.3 is 5.97 Å². The number of aromatic nitrogens is 1. The van der Waals surface area contributed by atoms with Crippen molar-refractivity contribution < 1.29 is 32.2 Å². The van der Waals surface area contributed by atoms with Crippen molar-refractivity contribution in [3.63, 3.8) is 0 Å². The Labute approximate surface area is 196 Å². The maximum Gasteiger partial charge on any atom is 0.341 e. The standard InChI is InChI=1S/C25H16ClF4NO3/c1-13-2-8-19(31(13)20-11-18(28)23(29)22(24(20)30)25(32)33)17-10-15(26)5-9-21(17)34-12-14-3-6-16(27)7-4-14/h2-11H,12H2,1H3,(H,32,33). The van der Waals surface area contributed by atoms with Crippen LogP contribution in [0.5, 0.6) is 5.75 Å². The minimum Gasteiger partial charge on any atom is -0.488 e. The first kappa shape index (κ1) is 23.4. The van der Waals surface area contributed by atoms with Gasteiger partial charge in [-0.2, -0.15) is 0 Å². The zero-order chi connectivity index (χ0) is 24.6. The molecule has 1 N–H and O–H groups in total. The smallest absolute Gasteiger partial charge is 0.341 e. The number of rotatable bonds is 6. The van der Waals surface area contributed by atoms with Gasteiger partial charge in [-0.15, -0.1) is 0 Å². The lowest BCUT2D eigenvalue weighted by atomic mass is 10.1. The Morgan fingerprint density at radius 3 is 2.35 bits per heavy atom. The summed E-state index contributed by atoms with van der Waals surface area (Å²) in [5.41, 5.74) is -0.0856. The van der Waals surface area contributed by atoms with Crippen molar-refractivity contribution in [2.75, 3.05) is 0 Å². The topological polar surface area (TPSA) is 51.5 Å². The van der Waals surface area contributed by atoms with Gasteiger partial charge in [0.1, 0.15) is 23.7 Å². The molecule has 0 aliphatic heterocycles. The number of aromatic carboxylic acids is 1. The number of carboxylic acids is 1. The number of aryl methyl sites for hydroxylation is 1. The number of carbonyl (C=O) groups is 1. The molecule has 1 aromatic heterocycles. The molecular formula is C25H16ClF4NO3. The van der Waals surface area contributed by atoms with Crippen LogP contribution in [0.15, 0.2) is 60.7 Å². The van der Waals surface area contributed by atoms with Crippen LogP contribution >= 0.6 is 11.6 Å². The predicted molar refractivity (Wildman–Crippen MR) is 119 cm³/mol. The Morgan fingerprint density at radius 1 is 0.971 bits per heavy atom. The van der Waals surface area contributed by atoms with Gasteiger partial charge in [0.05, 0.1) is 11.4 Å². The van der Waals surface area contributed by atoms with E-state index in [1.807, 2.05) is 0 Å². The lowest BCUT2D eigenvalue weighted by Crippen LogP contribution is -2.12. The summed E-state index contributed by atoms with van der Waals surface area (Å²) in [6, 6.07) is 14.2. The van der Waals surface area contributed by atoms with Crippen molar-refractivity contribution in [2.45, 2.75) is 13.5 Å². The lowest BCUT2D eigenvalue weighted by molar-refractivity contribution is 0.0685. The molecule has 34 heavy (non-hydrogen) atoms. The van der Waals surface area contributed by atoms with Crippen molar-refractivity contribution >= 4 is 17.6 Å². The summed E-state index contributed by atoms with van der Waals surface area (Å²) < 4.78 is 63.6. The third-order valence-electron chi connectivity index (χ3n) is 5.19. The van der Waals surface area contributed by atoms with E-state index >= 15 is 4.39 Å². The number of hydrogen-bond acceptors (Lipinski definition) is 2. The molecule has 4 nitrogen and oxygen atoms in total. The number of hydrogen-bond donors (Lipinski definition) is 1. The normalized spacial score (nSPS) is 11.0. The fraction of sp³-hybridized carbons (Fsp3) is 0.0800. The molecule has 0 saturated heterocycles. The van der Waals surface area contributed by atoms with Crippen molar-refractivity contribution in [2.24, 2.45) is 0 Å². The zero-order valence-electron chi connectivity index (χ0n) is 17.6. The van der Waals surface area contributed by atoms with E-state index in [4.69, 9.17) is 16.3 Å². The Morgan fingerprint density at radius 2 is 1.68 bits per heavy atom. The van der Waals surface area contributed by atoms with Crippen molar-refractivity contribution in [3.8, 4) is 22.7 Å². The van der Waals surface area contributed by atoms with Crippen LogP contribution in [-0.4, -0.2) is 15.6 Å². The first-order valence-corrected chi connectivity index (χ1v) is 10.3. The van der Waals surface area contributed by atoms with Crippen molar-refractivity contribution in [1.82, 2.24) is 4.57 Å². The molecule has 0 radical (unpaired) electrons. The van der Waals surface area contributed by atoms with Crippen LogP contribution in [-0.2, 0) is 6.61 Å². The second kappa shape index (κ2) is 9.23. The van der Waals surface area contributed by atoms with Crippen molar-refractivity contribution in [1.29, 1.82) is 0 Å². The minimum absolute atomic E-state index is 0.0807. The van der Waals surface area contributed by atoms with Gasteiger partial charge in [-0.1, -0.05) is 23.7 Å². The van der Waals surface area contributed by atoms with E-state index in [0.717, 1.165) is 0 Å². The van der Waals surface area contributed by atoms with Crippen LogP contribution in [0.4, 0.5) is 17.6 Å². The monoisotopic (exact) mass is 489 g/mol. The van der Waals surface area contributed by atoms with Gasteiger partial charge in [-0.05, 0) is 55.0 Å². The predicted octanol–water partition coefficient (Wildman–Crippen LogP) is 6.94. The molecule has 3 aromatic carbocycles. The van der Waals surface area contributed by atoms with E-state index in [2.05, 4.69) is 0 Å². The van der Waals surface area contributed by atoms with Gasteiger partial charge in [0, 0.05) is 22.3 Å². The third-order valence-corrected chi connectivity index (χ3v) is 5.43. The quantitative estimate of drug-likeness (QED) is 0.236. The van der Waals surface area contributed by atoms with E-state index in [1.165, 1.54) is 16.7 Å². The summed E-state index contributed by atoms with van der Waals surface area (Å²) in [4.78, 5) is 11.4. The number of ether oxygens (including phenoxy) is 1. The lowest BCUT2D eigenvalue weighted by Gasteiger charge is -2.17. The van der Waals surface area contributed by atoms with Crippen molar-refractivity contribution in [3.05, 3.63) is 106 Å². The summed E-state index contributed by atoms with van der Waals surface area (Å²) in [5.74, 6) is -6.72. The molecule has 0 amide bonds. The highest BCUT2D eigenvalue weighted by Gasteiger charge is 2.27. The fourth-order valence-electron chi connectivity index (χ4n) is 3.58. The van der Waals surface area contributed by atoms with E-state index in [1.54, 1.807) is 49.4 Å². The summed E-state index contributed by atoms with van der Waals surface area (Å²) in [6.07, 6.45) is 0. The van der Waals surface area contributed by atoms with Crippen LogP contribution in [0, 0.1) is 30.2 Å². The minimum atomic E-state index is -1.94. The summed E-state index contributed by atoms with van der Waals surface area (Å²) in [7, 11) is 0. The number of nitrogens with zero attached hydrogens (tertiary/aromatic N) is 1. The third kappa shape index (κ3) is 4.36. The largest absolute Gasteiger partial charge is 0.488 e. The van der Waals surface area contributed by atoms with Gasteiger partial charge in [-0.25, -0.2) is 22.4 Å². The summed E-state index contributed by atoms with van der Waals surface area (Å²) in [5, 5.41) is 9.53. The molecular weight excluding hydrogens is 474 g/mol. The average Bonchev–Trinajstić information content (AvgIpc) is 3.17. The van der Waals surface area contributed by atoms with Crippen LogP contribution in [0.1, 0.15) is 21.6 Å². The molecule has 9 heteroatoms. The molecule has 0 bridgehead atoms. The van der Waals surface area contributed by atoms with Gasteiger partial charge in [-0.3, -0.25) is 0 Å². The van der Waals surface area contributed by atoms with Gasteiger partial charge in [0.25, 0.3) is 0 Å². The molecule has 0 unspecified atom stereocenters. The molecule has 0 atom stereocenters. The highest BCUT2D eigenvalue weighted by molar-refractivity contribution is 6.31. The Kier molecular flexibility index (Phi) is 6.34. The molecule has 0 aliphatic carbocycles. The maximum atomic E-state index is 15.1.